The second-order valence-electron chi connectivity index (χ2n) is 4.66. The molecule has 2 aromatic carbocycles. The van der Waals surface area contributed by atoms with Crippen molar-refractivity contribution in [2.75, 3.05) is 12.4 Å². The zero-order valence-corrected chi connectivity index (χ0v) is 14.5. The first-order valence-electron chi connectivity index (χ1n) is 6.64. The van der Waals surface area contributed by atoms with Gasteiger partial charge in [-0.3, -0.25) is 5.32 Å². The Morgan fingerprint density at radius 1 is 1.17 bits per heavy atom. The Balaban J connectivity index is 1.95. The molecule has 0 fully saturated rings. The summed E-state index contributed by atoms with van der Waals surface area (Å²) < 4.78 is 10.2. The van der Waals surface area contributed by atoms with Crippen LogP contribution in [0.2, 0.25) is 15.1 Å². The van der Waals surface area contributed by atoms with Crippen molar-refractivity contribution in [1.82, 2.24) is 9.97 Å². The smallest absolute Gasteiger partial charge is 0.413 e. The SMILES string of the molecule is COC(=O)Nc1nc2cc(Oc3cccc(Cl)c3Cl)c(Cl)cc2[nH]1. The number of imidazole rings is 1. The Bertz CT molecular complexity index is 927. The van der Waals surface area contributed by atoms with E-state index in [1.54, 1.807) is 30.3 Å². The molecule has 6 nitrogen and oxygen atoms in total. The number of methoxy groups -OCH3 is 1. The van der Waals surface area contributed by atoms with Gasteiger partial charge < -0.3 is 14.5 Å². The highest BCUT2D eigenvalue weighted by molar-refractivity contribution is 6.43. The summed E-state index contributed by atoms with van der Waals surface area (Å²) in [5.41, 5.74) is 1.16. The number of anilines is 1. The summed E-state index contributed by atoms with van der Waals surface area (Å²) in [4.78, 5) is 18.4. The highest BCUT2D eigenvalue weighted by Gasteiger charge is 2.13. The third-order valence-electron chi connectivity index (χ3n) is 3.08. The molecule has 0 aliphatic heterocycles. The largest absolute Gasteiger partial charge is 0.454 e. The zero-order chi connectivity index (χ0) is 17.3. The summed E-state index contributed by atoms with van der Waals surface area (Å²) in [5, 5.41) is 3.43. The number of ether oxygens (including phenoxy) is 2. The van der Waals surface area contributed by atoms with Gasteiger partial charge in [-0.15, -0.1) is 0 Å². The predicted octanol–water partition coefficient (Wildman–Crippen LogP) is 5.49. The normalized spacial score (nSPS) is 10.7. The van der Waals surface area contributed by atoms with Crippen LogP contribution in [0.25, 0.3) is 11.0 Å². The number of amides is 1. The van der Waals surface area contributed by atoms with Crippen molar-refractivity contribution >= 4 is 57.9 Å². The number of aromatic amines is 1. The molecule has 2 N–H and O–H groups in total. The van der Waals surface area contributed by atoms with Crippen molar-refractivity contribution in [3.63, 3.8) is 0 Å². The van der Waals surface area contributed by atoms with Crippen LogP contribution in [-0.2, 0) is 4.74 Å². The Labute approximate surface area is 151 Å². The molecule has 0 saturated carbocycles. The number of carbonyl (C=O) groups excluding carboxylic acids is 1. The van der Waals surface area contributed by atoms with Crippen molar-refractivity contribution in [2.45, 2.75) is 0 Å². The fourth-order valence-corrected chi connectivity index (χ4v) is 2.51. The van der Waals surface area contributed by atoms with Gasteiger partial charge in [-0.1, -0.05) is 40.9 Å². The summed E-state index contributed by atoms with van der Waals surface area (Å²) in [7, 11) is 1.26. The quantitative estimate of drug-likeness (QED) is 0.623. The van der Waals surface area contributed by atoms with E-state index in [0.717, 1.165) is 0 Å². The molecule has 124 valence electrons. The summed E-state index contributed by atoms with van der Waals surface area (Å²) in [6, 6.07) is 8.28. The minimum absolute atomic E-state index is 0.228. The third kappa shape index (κ3) is 3.36. The van der Waals surface area contributed by atoms with E-state index in [9.17, 15) is 4.79 Å². The third-order valence-corrected chi connectivity index (χ3v) is 4.17. The number of rotatable bonds is 3. The molecule has 0 bridgehead atoms. The van der Waals surface area contributed by atoms with Crippen LogP contribution in [0.1, 0.15) is 0 Å². The van der Waals surface area contributed by atoms with Gasteiger partial charge in [0.25, 0.3) is 0 Å². The molecular formula is C15H10Cl3N3O3. The topological polar surface area (TPSA) is 76.2 Å². The van der Waals surface area contributed by atoms with E-state index in [1.807, 2.05) is 0 Å². The number of hydrogen-bond donors (Lipinski definition) is 2. The highest BCUT2D eigenvalue weighted by atomic mass is 35.5. The van der Waals surface area contributed by atoms with Crippen LogP contribution in [0.3, 0.4) is 0 Å². The number of halogens is 3. The minimum Gasteiger partial charge on any atom is -0.454 e. The number of nitrogens with zero attached hydrogens (tertiary/aromatic N) is 1. The summed E-state index contributed by atoms with van der Waals surface area (Å²) in [6.07, 6.45) is -0.637. The first-order valence-corrected chi connectivity index (χ1v) is 7.77. The second kappa shape index (κ2) is 6.76. The highest BCUT2D eigenvalue weighted by Crippen LogP contribution is 2.38. The molecule has 0 radical (unpaired) electrons. The van der Waals surface area contributed by atoms with Crippen molar-refractivity contribution in [3.8, 4) is 11.5 Å². The monoisotopic (exact) mass is 385 g/mol. The Hall–Kier alpha value is -2.15. The molecule has 1 amide bonds. The molecule has 0 atom stereocenters. The van der Waals surface area contributed by atoms with E-state index in [-0.39, 0.29) is 11.0 Å². The van der Waals surface area contributed by atoms with Gasteiger partial charge in [-0.2, -0.15) is 0 Å². The van der Waals surface area contributed by atoms with Gasteiger partial charge in [0.2, 0.25) is 5.95 Å². The van der Waals surface area contributed by atoms with Crippen LogP contribution in [0.15, 0.2) is 30.3 Å². The predicted molar refractivity (Wildman–Crippen MR) is 93.7 cm³/mol. The average Bonchev–Trinajstić information content (AvgIpc) is 2.92. The molecule has 24 heavy (non-hydrogen) atoms. The standard InChI is InChI=1S/C15H10Cl3N3O3/c1-23-15(22)21-14-19-9-5-8(17)12(6-10(9)20-14)24-11-4-2-3-7(16)13(11)18/h2-6H,1H3,(H2,19,20,21,22). The maximum absolute atomic E-state index is 11.2. The van der Waals surface area contributed by atoms with Crippen molar-refractivity contribution < 1.29 is 14.3 Å². The molecule has 0 aliphatic carbocycles. The Kier molecular flexibility index (Phi) is 4.71. The maximum atomic E-state index is 11.2. The average molecular weight is 387 g/mol. The first kappa shape index (κ1) is 16.7. The summed E-state index contributed by atoms with van der Waals surface area (Å²) in [5.74, 6) is 0.948. The van der Waals surface area contributed by atoms with E-state index in [2.05, 4.69) is 20.0 Å². The number of aromatic nitrogens is 2. The van der Waals surface area contributed by atoms with Crippen molar-refractivity contribution in [3.05, 3.63) is 45.4 Å². The molecule has 3 rings (SSSR count). The van der Waals surface area contributed by atoms with Gasteiger partial charge in [-0.25, -0.2) is 9.78 Å². The lowest BCUT2D eigenvalue weighted by atomic mass is 10.3. The van der Waals surface area contributed by atoms with Crippen LogP contribution in [0.4, 0.5) is 10.7 Å². The lowest BCUT2D eigenvalue weighted by Gasteiger charge is -2.09. The summed E-state index contributed by atoms with van der Waals surface area (Å²) in [6.45, 7) is 0. The van der Waals surface area contributed by atoms with Crippen LogP contribution >= 0.6 is 34.8 Å². The fraction of sp³-hybridized carbons (Fsp3) is 0.0667. The molecular weight excluding hydrogens is 377 g/mol. The van der Waals surface area contributed by atoms with Crippen LogP contribution < -0.4 is 10.1 Å². The van der Waals surface area contributed by atoms with Crippen LogP contribution in [0, 0.1) is 0 Å². The Morgan fingerprint density at radius 3 is 2.71 bits per heavy atom. The molecule has 9 heteroatoms. The first-order chi connectivity index (χ1) is 11.5. The van der Waals surface area contributed by atoms with Gasteiger partial charge in [0.15, 0.2) is 0 Å². The fourth-order valence-electron chi connectivity index (χ4n) is 1.98. The number of H-pyrrole nitrogens is 1. The zero-order valence-electron chi connectivity index (χ0n) is 12.2. The van der Waals surface area contributed by atoms with Crippen LogP contribution in [-0.4, -0.2) is 23.2 Å². The number of hydrogen-bond acceptors (Lipinski definition) is 4. The second-order valence-corrected chi connectivity index (χ2v) is 5.85. The van der Waals surface area contributed by atoms with Gasteiger partial charge >= 0.3 is 6.09 Å². The van der Waals surface area contributed by atoms with Crippen LogP contribution in [0.5, 0.6) is 11.5 Å². The molecule has 0 aliphatic rings. The summed E-state index contributed by atoms with van der Waals surface area (Å²) >= 11 is 18.3. The molecule has 0 spiro atoms. The van der Waals surface area contributed by atoms with E-state index < -0.39 is 6.09 Å². The van der Waals surface area contributed by atoms with Gasteiger partial charge in [0, 0.05) is 6.07 Å². The maximum Gasteiger partial charge on any atom is 0.413 e. The molecule has 0 saturated heterocycles. The van der Waals surface area contributed by atoms with Crippen molar-refractivity contribution in [1.29, 1.82) is 0 Å². The number of nitrogens with one attached hydrogen (secondary N) is 2. The van der Waals surface area contributed by atoms with E-state index in [0.29, 0.717) is 32.6 Å². The minimum atomic E-state index is -0.637. The van der Waals surface area contributed by atoms with Gasteiger partial charge in [0.1, 0.15) is 16.5 Å². The Morgan fingerprint density at radius 2 is 1.96 bits per heavy atom. The van der Waals surface area contributed by atoms with E-state index in [1.165, 1.54) is 7.11 Å². The lowest BCUT2D eigenvalue weighted by Crippen LogP contribution is -2.11. The molecule has 1 heterocycles. The van der Waals surface area contributed by atoms with Gasteiger partial charge in [0.05, 0.1) is 28.2 Å². The number of fused-ring (bicyclic) bond motifs is 1. The number of carbonyl (C=O) groups is 1. The van der Waals surface area contributed by atoms with E-state index >= 15 is 0 Å². The van der Waals surface area contributed by atoms with Crippen molar-refractivity contribution in [2.24, 2.45) is 0 Å². The molecule has 0 unspecified atom stereocenters. The van der Waals surface area contributed by atoms with Gasteiger partial charge in [-0.05, 0) is 18.2 Å². The number of benzene rings is 2. The molecule has 3 aromatic rings. The van der Waals surface area contributed by atoms with E-state index in [4.69, 9.17) is 39.5 Å². The lowest BCUT2D eigenvalue weighted by molar-refractivity contribution is 0.186. The molecule has 1 aromatic heterocycles.